The molecule has 0 saturated heterocycles. The zero-order chi connectivity index (χ0) is 12.1. The van der Waals surface area contributed by atoms with Gasteiger partial charge in [0, 0.05) is 18.0 Å². The highest BCUT2D eigenvalue weighted by atomic mass is 14.8. The summed E-state index contributed by atoms with van der Waals surface area (Å²) in [6.07, 6.45) is 6.21. The van der Waals surface area contributed by atoms with Crippen molar-refractivity contribution in [2.75, 3.05) is 6.54 Å². The molecule has 0 aliphatic rings. The van der Waals surface area contributed by atoms with Crippen LogP contribution >= 0.6 is 0 Å². The summed E-state index contributed by atoms with van der Waals surface area (Å²) in [5.41, 5.74) is 9.10. The standard InChI is InChI=1S/C14H17N3/c1-11(6-7-15)12-2-4-13(5-3-12)14-8-16-10-17-9-14/h2-5,8-11H,6-7,15H2,1H3. The van der Waals surface area contributed by atoms with Crippen LogP contribution in [0, 0.1) is 0 Å². The predicted octanol–water partition coefficient (Wildman–Crippen LogP) is 2.60. The topological polar surface area (TPSA) is 51.8 Å². The van der Waals surface area contributed by atoms with E-state index in [1.807, 2.05) is 12.4 Å². The summed E-state index contributed by atoms with van der Waals surface area (Å²) in [5, 5.41) is 0. The van der Waals surface area contributed by atoms with E-state index in [2.05, 4.69) is 41.2 Å². The number of nitrogens with two attached hydrogens (primary N) is 1. The fourth-order valence-electron chi connectivity index (χ4n) is 1.87. The van der Waals surface area contributed by atoms with E-state index in [1.54, 1.807) is 6.33 Å². The third-order valence-electron chi connectivity index (χ3n) is 2.97. The lowest BCUT2D eigenvalue weighted by atomic mass is 9.96. The SMILES string of the molecule is CC(CCN)c1ccc(-c2cncnc2)cc1. The average molecular weight is 227 g/mol. The van der Waals surface area contributed by atoms with Crippen molar-refractivity contribution in [3.63, 3.8) is 0 Å². The Morgan fingerprint density at radius 3 is 2.29 bits per heavy atom. The Hall–Kier alpha value is -1.74. The lowest BCUT2D eigenvalue weighted by Crippen LogP contribution is -2.04. The van der Waals surface area contributed by atoms with Crippen molar-refractivity contribution in [3.8, 4) is 11.1 Å². The number of hydrogen-bond donors (Lipinski definition) is 1. The van der Waals surface area contributed by atoms with E-state index < -0.39 is 0 Å². The molecule has 1 atom stereocenters. The van der Waals surface area contributed by atoms with Crippen molar-refractivity contribution in [2.24, 2.45) is 5.73 Å². The minimum atomic E-state index is 0.515. The highest BCUT2D eigenvalue weighted by Crippen LogP contribution is 2.23. The van der Waals surface area contributed by atoms with E-state index in [-0.39, 0.29) is 0 Å². The van der Waals surface area contributed by atoms with Crippen molar-refractivity contribution >= 4 is 0 Å². The second kappa shape index (κ2) is 5.55. The van der Waals surface area contributed by atoms with Crippen LogP contribution in [0.4, 0.5) is 0 Å². The molecule has 0 saturated carbocycles. The normalized spacial score (nSPS) is 12.4. The molecule has 0 fully saturated rings. The first-order valence-electron chi connectivity index (χ1n) is 5.86. The van der Waals surface area contributed by atoms with Gasteiger partial charge in [0.15, 0.2) is 0 Å². The number of aromatic nitrogens is 2. The maximum absolute atomic E-state index is 5.57. The van der Waals surface area contributed by atoms with Gasteiger partial charge in [0.1, 0.15) is 6.33 Å². The van der Waals surface area contributed by atoms with E-state index in [9.17, 15) is 0 Å². The fourth-order valence-corrected chi connectivity index (χ4v) is 1.87. The van der Waals surface area contributed by atoms with Crippen LogP contribution in [0.1, 0.15) is 24.8 Å². The van der Waals surface area contributed by atoms with Crippen molar-refractivity contribution in [1.29, 1.82) is 0 Å². The lowest BCUT2D eigenvalue weighted by Gasteiger charge is -2.11. The van der Waals surface area contributed by atoms with Gasteiger partial charge in [0.05, 0.1) is 0 Å². The van der Waals surface area contributed by atoms with Gasteiger partial charge in [-0.2, -0.15) is 0 Å². The van der Waals surface area contributed by atoms with Crippen LogP contribution in [0.25, 0.3) is 11.1 Å². The first-order valence-corrected chi connectivity index (χ1v) is 5.86. The van der Waals surface area contributed by atoms with E-state index >= 15 is 0 Å². The molecule has 88 valence electrons. The summed E-state index contributed by atoms with van der Waals surface area (Å²) in [7, 11) is 0. The molecule has 2 N–H and O–H groups in total. The molecule has 3 heteroatoms. The van der Waals surface area contributed by atoms with Crippen molar-refractivity contribution in [1.82, 2.24) is 9.97 Å². The monoisotopic (exact) mass is 227 g/mol. The second-order valence-electron chi connectivity index (χ2n) is 4.23. The highest BCUT2D eigenvalue weighted by Gasteiger charge is 2.04. The number of hydrogen-bond acceptors (Lipinski definition) is 3. The summed E-state index contributed by atoms with van der Waals surface area (Å²) in [4.78, 5) is 8.04. The van der Waals surface area contributed by atoms with Gasteiger partial charge in [0.25, 0.3) is 0 Å². The summed E-state index contributed by atoms with van der Waals surface area (Å²) in [5.74, 6) is 0.515. The van der Waals surface area contributed by atoms with Gasteiger partial charge < -0.3 is 5.73 Å². The highest BCUT2D eigenvalue weighted by molar-refractivity contribution is 5.61. The fraction of sp³-hybridized carbons (Fsp3) is 0.286. The molecule has 0 spiro atoms. The smallest absolute Gasteiger partial charge is 0.115 e. The molecule has 3 nitrogen and oxygen atoms in total. The van der Waals surface area contributed by atoms with Crippen LogP contribution < -0.4 is 5.73 Å². The zero-order valence-corrected chi connectivity index (χ0v) is 10.0. The largest absolute Gasteiger partial charge is 0.330 e. The Kier molecular flexibility index (Phi) is 3.83. The first kappa shape index (κ1) is 11.7. The lowest BCUT2D eigenvalue weighted by molar-refractivity contribution is 0.690. The molecule has 2 aromatic rings. The van der Waals surface area contributed by atoms with E-state index in [0.717, 1.165) is 24.1 Å². The Balaban J connectivity index is 2.19. The van der Waals surface area contributed by atoms with Crippen LogP contribution in [-0.2, 0) is 0 Å². The third-order valence-corrected chi connectivity index (χ3v) is 2.97. The zero-order valence-electron chi connectivity index (χ0n) is 10.0. The summed E-state index contributed by atoms with van der Waals surface area (Å²) in [6, 6.07) is 8.54. The summed E-state index contributed by atoms with van der Waals surface area (Å²) in [6.45, 7) is 2.93. The van der Waals surface area contributed by atoms with Gasteiger partial charge in [-0.1, -0.05) is 31.2 Å². The number of benzene rings is 1. The van der Waals surface area contributed by atoms with Gasteiger partial charge in [-0.05, 0) is 30.0 Å². The summed E-state index contributed by atoms with van der Waals surface area (Å²) >= 11 is 0. The van der Waals surface area contributed by atoms with E-state index in [4.69, 9.17) is 5.73 Å². The minimum absolute atomic E-state index is 0.515. The number of nitrogens with zero attached hydrogens (tertiary/aromatic N) is 2. The van der Waals surface area contributed by atoms with Crippen LogP contribution in [0.5, 0.6) is 0 Å². The molecule has 1 aromatic heterocycles. The van der Waals surface area contributed by atoms with Gasteiger partial charge in [-0.3, -0.25) is 0 Å². The second-order valence-corrected chi connectivity index (χ2v) is 4.23. The van der Waals surface area contributed by atoms with Crippen LogP contribution in [0.2, 0.25) is 0 Å². The summed E-state index contributed by atoms with van der Waals surface area (Å²) < 4.78 is 0. The van der Waals surface area contributed by atoms with Crippen molar-refractivity contribution < 1.29 is 0 Å². The van der Waals surface area contributed by atoms with Crippen LogP contribution in [0.3, 0.4) is 0 Å². The minimum Gasteiger partial charge on any atom is -0.330 e. The Bertz CT molecular complexity index is 451. The molecule has 17 heavy (non-hydrogen) atoms. The molecule has 0 radical (unpaired) electrons. The van der Waals surface area contributed by atoms with E-state index in [0.29, 0.717) is 5.92 Å². The van der Waals surface area contributed by atoms with E-state index in [1.165, 1.54) is 5.56 Å². The Labute approximate surface area is 102 Å². The predicted molar refractivity (Wildman–Crippen MR) is 69.6 cm³/mol. The molecule has 1 heterocycles. The molecule has 2 rings (SSSR count). The third kappa shape index (κ3) is 2.88. The van der Waals surface area contributed by atoms with Crippen molar-refractivity contribution in [3.05, 3.63) is 48.5 Å². The van der Waals surface area contributed by atoms with Crippen LogP contribution in [0.15, 0.2) is 43.0 Å². The molecular formula is C14H17N3. The number of rotatable bonds is 4. The van der Waals surface area contributed by atoms with Crippen LogP contribution in [-0.4, -0.2) is 16.5 Å². The Morgan fingerprint density at radius 1 is 1.06 bits per heavy atom. The van der Waals surface area contributed by atoms with Gasteiger partial charge in [-0.15, -0.1) is 0 Å². The molecular weight excluding hydrogens is 210 g/mol. The Morgan fingerprint density at radius 2 is 1.71 bits per heavy atom. The molecule has 1 aromatic carbocycles. The maximum atomic E-state index is 5.57. The van der Waals surface area contributed by atoms with Gasteiger partial charge in [0.2, 0.25) is 0 Å². The van der Waals surface area contributed by atoms with Gasteiger partial charge >= 0.3 is 0 Å². The maximum Gasteiger partial charge on any atom is 0.115 e. The van der Waals surface area contributed by atoms with Crippen molar-refractivity contribution in [2.45, 2.75) is 19.3 Å². The van der Waals surface area contributed by atoms with Gasteiger partial charge in [-0.25, -0.2) is 9.97 Å². The molecule has 0 aliphatic carbocycles. The quantitative estimate of drug-likeness (QED) is 0.873. The molecule has 1 unspecified atom stereocenters. The molecule has 0 amide bonds. The average Bonchev–Trinajstić information content (AvgIpc) is 2.40. The molecule has 0 aliphatic heterocycles. The first-order chi connectivity index (χ1) is 8.31. The molecule has 0 bridgehead atoms.